The molecule has 1 aromatic carbocycles. The van der Waals surface area contributed by atoms with Crippen molar-refractivity contribution < 1.29 is 14.3 Å². The van der Waals surface area contributed by atoms with Crippen molar-refractivity contribution in [1.29, 1.82) is 5.26 Å². The molecule has 0 saturated carbocycles. The van der Waals surface area contributed by atoms with E-state index in [9.17, 15) is 4.79 Å². The molecule has 3 heterocycles. The van der Waals surface area contributed by atoms with Gasteiger partial charge in [0.1, 0.15) is 18.5 Å². The van der Waals surface area contributed by atoms with E-state index in [1.807, 2.05) is 6.07 Å². The van der Waals surface area contributed by atoms with Crippen LogP contribution in [-0.2, 0) is 13.0 Å². The number of nitrogens with zero attached hydrogens (tertiary/aromatic N) is 3. The van der Waals surface area contributed by atoms with Gasteiger partial charge in [0.2, 0.25) is 5.88 Å². The molecule has 0 bridgehead atoms. The third kappa shape index (κ3) is 3.61. The number of fused-ring (bicyclic) bond motifs is 2. The smallest absolute Gasteiger partial charge is 0.272 e. The van der Waals surface area contributed by atoms with E-state index in [2.05, 4.69) is 23.4 Å². The maximum Gasteiger partial charge on any atom is 0.272 e. The average molecular weight is 366 g/mol. The maximum absolute atomic E-state index is 12.6. The van der Waals surface area contributed by atoms with E-state index in [1.54, 1.807) is 22.9 Å². The molecule has 2 atom stereocenters. The largest absolute Gasteiger partial charge is 0.491 e. The Kier molecular flexibility index (Phi) is 4.71. The van der Waals surface area contributed by atoms with Gasteiger partial charge in [0.15, 0.2) is 5.69 Å². The molecule has 2 aromatic rings. The molecule has 2 aliphatic heterocycles. The second-order valence-corrected chi connectivity index (χ2v) is 7.03. The standard InChI is InChI=1S/C20H22N4O3/c1-2-3-16-6-7-24-19(27-16)10-17(23-24)20(25)22-15-9-14-8-13(11-21)4-5-18(14)26-12-15/h4-5,8,10,15-16H,2-3,6-7,9,12H2,1H3,(H,22,25)/t15-,16-/m1/s1. The van der Waals surface area contributed by atoms with E-state index >= 15 is 0 Å². The molecule has 7 nitrogen and oxygen atoms in total. The Bertz CT molecular complexity index is 899. The van der Waals surface area contributed by atoms with Gasteiger partial charge in [-0.1, -0.05) is 13.3 Å². The van der Waals surface area contributed by atoms with Crippen molar-refractivity contribution in [3.05, 3.63) is 41.1 Å². The molecule has 2 aliphatic rings. The first-order chi connectivity index (χ1) is 13.2. The zero-order chi connectivity index (χ0) is 18.8. The summed E-state index contributed by atoms with van der Waals surface area (Å²) >= 11 is 0. The van der Waals surface area contributed by atoms with Crippen LogP contribution in [0.15, 0.2) is 24.3 Å². The molecule has 0 unspecified atom stereocenters. The molecule has 0 saturated heterocycles. The monoisotopic (exact) mass is 366 g/mol. The molecule has 7 heteroatoms. The van der Waals surface area contributed by atoms with Gasteiger partial charge in [0.05, 0.1) is 17.7 Å². The summed E-state index contributed by atoms with van der Waals surface area (Å²) in [5.41, 5.74) is 1.88. The molecule has 0 spiro atoms. The third-order valence-corrected chi connectivity index (χ3v) is 4.97. The van der Waals surface area contributed by atoms with E-state index < -0.39 is 0 Å². The molecule has 140 valence electrons. The predicted molar refractivity (Wildman–Crippen MR) is 97.8 cm³/mol. The molecule has 27 heavy (non-hydrogen) atoms. The first-order valence-electron chi connectivity index (χ1n) is 9.37. The van der Waals surface area contributed by atoms with Crippen molar-refractivity contribution in [1.82, 2.24) is 15.1 Å². The van der Waals surface area contributed by atoms with Crippen LogP contribution in [0.2, 0.25) is 0 Å². The Hall–Kier alpha value is -3.01. The average Bonchev–Trinajstić information content (AvgIpc) is 3.11. The van der Waals surface area contributed by atoms with Crippen molar-refractivity contribution in [2.75, 3.05) is 6.61 Å². The summed E-state index contributed by atoms with van der Waals surface area (Å²) in [7, 11) is 0. The van der Waals surface area contributed by atoms with E-state index in [0.717, 1.165) is 37.1 Å². The number of rotatable bonds is 4. The van der Waals surface area contributed by atoms with Gasteiger partial charge >= 0.3 is 0 Å². The Morgan fingerprint density at radius 3 is 3.15 bits per heavy atom. The summed E-state index contributed by atoms with van der Waals surface area (Å²) in [6.07, 6.45) is 3.82. The molecule has 1 amide bonds. The molecule has 0 fully saturated rings. The predicted octanol–water partition coefficient (Wildman–Crippen LogP) is 2.44. The minimum absolute atomic E-state index is 0.161. The summed E-state index contributed by atoms with van der Waals surface area (Å²) in [6, 6.07) is 9.03. The van der Waals surface area contributed by atoms with Gasteiger partial charge in [0.25, 0.3) is 5.91 Å². The highest BCUT2D eigenvalue weighted by atomic mass is 16.5. The van der Waals surface area contributed by atoms with Crippen molar-refractivity contribution in [3.8, 4) is 17.7 Å². The maximum atomic E-state index is 12.6. The quantitative estimate of drug-likeness (QED) is 0.898. The van der Waals surface area contributed by atoms with Gasteiger partial charge in [-0.15, -0.1) is 0 Å². The van der Waals surface area contributed by atoms with E-state index in [4.69, 9.17) is 14.7 Å². The van der Waals surface area contributed by atoms with Crippen LogP contribution in [0.1, 0.15) is 47.8 Å². The van der Waals surface area contributed by atoms with Crippen molar-refractivity contribution >= 4 is 5.91 Å². The zero-order valence-electron chi connectivity index (χ0n) is 15.3. The number of hydrogen-bond donors (Lipinski definition) is 1. The van der Waals surface area contributed by atoms with Gasteiger partial charge in [-0.05, 0) is 36.6 Å². The molecule has 1 N–H and O–H groups in total. The van der Waals surface area contributed by atoms with Gasteiger partial charge in [-0.3, -0.25) is 4.79 Å². The summed E-state index contributed by atoms with van der Waals surface area (Å²) in [4.78, 5) is 12.6. The molecular weight excluding hydrogens is 344 g/mol. The van der Waals surface area contributed by atoms with Crippen molar-refractivity contribution in [2.24, 2.45) is 0 Å². The van der Waals surface area contributed by atoms with Gasteiger partial charge in [-0.2, -0.15) is 10.4 Å². The number of aryl methyl sites for hydroxylation is 1. The number of carbonyl (C=O) groups is 1. The SMILES string of the molecule is CCC[C@@H]1CCn2nc(C(=O)N[C@H]3COc4ccc(C#N)cc4C3)cc2O1. The molecule has 1 aromatic heterocycles. The van der Waals surface area contributed by atoms with Crippen LogP contribution in [0.25, 0.3) is 0 Å². The molecule has 0 aliphatic carbocycles. The van der Waals surface area contributed by atoms with Gasteiger partial charge in [-0.25, -0.2) is 4.68 Å². The molecule has 4 rings (SSSR count). The molecular formula is C20H22N4O3. The highest BCUT2D eigenvalue weighted by molar-refractivity contribution is 5.92. The fourth-order valence-electron chi connectivity index (χ4n) is 3.60. The van der Waals surface area contributed by atoms with E-state index in [1.165, 1.54) is 0 Å². The topological polar surface area (TPSA) is 89.2 Å². The number of amides is 1. The highest BCUT2D eigenvalue weighted by Crippen LogP contribution is 2.27. The van der Waals surface area contributed by atoms with Gasteiger partial charge in [0, 0.05) is 19.0 Å². The lowest BCUT2D eigenvalue weighted by Crippen LogP contribution is -2.42. The van der Waals surface area contributed by atoms with Crippen LogP contribution in [0.5, 0.6) is 11.6 Å². The lowest BCUT2D eigenvalue weighted by atomic mass is 10.0. The Morgan fingerprint density at radius 1 is 1.44 bits per heavy atom. The second kappa shape index (κ2) is 7.31. The van der Waals surface area contributed by atoms with Crippen LogP contribution in [0, 0.1) is 11.3 Å². The van der Waals surface area contributed by atoms with Crippen LogP contribution in [0.3, 0.4) is 0 Å². The van der Waals surface area contributed by atoms with Crippen LogP contribution in [-0.4, -0.2) is 34.4 Å². The lowest BCUT2D eigenvalue weighted by Gasteiger charge is -2.25. The van der Waals surface area contributed by atoms with E-state index in [-0.39, 0.29) is 18.1 Å². The number of benzene rings is 1. The summed E-state index contributed by atoms with van der Waals surface area (Å²) in [6.45, 7) is 3.30. The first-order valence-corrected chi connectivity index (χ1v) is 9.37. The third-order valence-electron chi connectivity index (χ3n) is 4.97. The first kappa shape index (κ1) is 17.4. The van der Waals surface area contributed by atoms with Crippen LogP contribution >= 0.6 is 0 Å². The fraction of sp³-hybridized carbons (Fsp3) is 0.450. The summed E-state index contributed by atoms with van der Waals surface area (Å²) in [5, 5.41) is 16.4. The fourth-order valence-corrected chi connectivity index (χ4v) is 3.60. The lowest BCUT2D eigenvalue weighted by molar-refractivity contribution is 0.0909. The number of ether oxygens (including phenoxy) is 2. The Labute approximate surface area is 157 Å². The summed E-state index contributed by atoms with van der Waals surface area (Å²) < 4.78 is 13.4. The Balaban J connectivity index is 1.42. The molecule has 0 radical (unpaired) electrons. The minimum atomic E-state index is -0.235. The minimum Gasteiger partial charge on any atom is -0.491 e. The number of hydrogen-bond acceptors (Lipinski definition) is 5. The highest BCUT2D eigenvalue weighted by Gasteiger charge is 2.26. The Morgan fingerprint density at radius 2 is 2.33 bits per heavy atom. The van der Waals surface area contributed by atoms with Crippen molar-refractivity contribution in [3.63, 3.8) is 0 Å². The number of nitriles is 1. The van der Waals surface area contributed by atoms with Gasteiger partial charge < -0.3 is 14.8 Å². The summed E-state index contributed by atoms with van der Waals surface area (Å²) in [5.74, 6) is 1.20. The zero-order valence-corrected chi connectivity index (χ0v) is 15.3. The number of nitrogens with one attached hydrogen (secondary N) is 1. The normalized spacial score (nSPS) is 20.4. The van der Waals surface area contributed by atoms with E-state index in [0.29, 0.717) is 30.2 Å². The number of carbonyl (C=O) groups excluding carboxylic acids is 1. The number of aromatic nitrogens is 2. The second-order valence-electron chi connectivity index (χ2n) is 7.03. The van der Waals surface area contributed by atoms with Crippen LogP contribution in [0.4, 0.5) is 0 Å². The van der Waals surface area contributed by atoms with Crippen molar-refractivity contribution in [2.45, 2.75) is 51.3 Å². The van der Waals surface area contributed by atoms with Crippen LogP contribution < -0.4 is 14.8 Å².